The molecule has 1 saturated heterocycles. The lowest BCUT2D eigenvalue weighted by molar-refractivity contribution is -0.151. The van der Waals surface area contributed by atoms with E-state index in [-0.39, 0.29) is 5.78 Å². The molecule has 1 aliphatic heterocycles. The van der Waals surface area contributed by atoms with Crippen LogP contribution in [0.15, 0.2) is 24.3 Å². The normalized spacial score (nSPS) is 15.8. The molecule has 1 fully saturated rings. The van der Waals surface area contributed by atoms with Crippen LogP contribution < -0.4 is 4.90 Å². The number of esters is 1. The molecule has 0 radical (unpaired) electrons. The van der Waals surface area contributed by atoms with E-state index < -0.39 is 11.9 Å². The maximum absolute atomic E-state index is 11.8. The molecule has 0 aromatic heterocycles. The fourth-order valence-corrected chi connectivity index (χ4v) is 2.69. The van der Waals surface area contributed by atoms with Crippen molar-refractivity contribution in [3.63, 3.8) is 0 Å². The molecule has 2 rings (SSSR count). The van der Waals surface area contributed by atoms with Crippen LogP contribution in [0.3, 0.4) is 0 Å². The van der Waals surface area contributed by atoms with Crippen LogP contribution in [0.4, 0.5) is 5.69 Å². The summed E-state index contributed by atoms with van der Waals surface area (Å²) >= 11 is 0. The Morgan fingerprint density at radius 2 is 1.81 bits per heavy atom. The highest BCUT2D eigenvalue weighted by Gasteiger charge is 2.25. The van der Waals surface area contributed by atoms with Crippen molar-refractivity contribution in [3.05, 3.63) is 29.8 Å². The second-order valence-corrected chi connectivity index (χ2v) is 5.48. The minimum atomic E-state index is -0.692. The minimum absolute atomic E-state index is 0.142. The number of nitrogens with zero attached hydrogens (tertiary/aromatic N) is 1. The lowest BCUT2D eigenvalue weighted by atomic mass is 9.96. The summed E-state index contributed by atoms with van der Waals surface area (Å²) < 4.78 is 4.97. The van der Waals surface area contributed by atoms with Crippen molar-refractivity contribution < 1.29 is 14.3 Å². The number of anilines is 1. The third-order valence-electron chi connectivity index (χ3n) is 3.91. The van der Waals surface area contributed by atoms with Crippen molar-refractivity contribution in [2.75, 3.05) is 24.6 Å². The predicted molar refractivity (Wildman–Crippen MR) is 82.4 cm³/mol. The van der Waals surface area contributed by atoms with Gasteiger partial charge < -0.3 is 9.64 Å². The third-order valence-corrected chi connectivity index (χ3v) is 3.91. The molecule has 0 spiro atoms. The Hall–Kier alpha value is -1.84. The molecule has 1 aromatic rings. The zero-order chi connectivity index (χ0) is 15.2. The number of benzene rings is 1. The van der Waals surface area contributed by atoms with Crippen LogP contribution in [0.5, 0.6) is 0 Å². The second kappa shape index (κ2) is 7.25. The molecule has 21 heavy (non-hydrogen) atoms. The summed E-state index contributed by atoms with van der Waals surface area (Å²) in [6.07, 6.45) is 2.91. The standard InChI is InChI=1S/C17H23NO3/c1-3-21-17(20)16(13(2)19)12-14-6-8-15(9-7-14)18-10-4-5-11-18/h6-9,16H,3-5,10-12H2,1-2H3. The first-order valence-corrected chi connectivity index (χ1v) is 7.62. The van der Waals surface area contributed by atoms with Crippen molar-refractivity contribution in [2.45, 2.75) is 33.1 Å². The Balaban J connectivity index is 2.03. The molecule has 1 unspecified atom stereocenters. The van der Waals surface area contributed by atoms with Gasteiger partial charge in [-0.2, -0.15) is 0 Å². The molecule has 1 atom stereocenters. The van der Waals surface area contributed by atoms with E-state index >= 15 is 0 Å². The lowest BCUT2D eigenvalue weighted by Gasteiger charge is -2.18. The summed E-state index contributed by atoms with van der Waals surface area (Å²) in [5.41, 5.74) is 2.21. The topological polar surface area (TPSA) is 46.6 Å². The van der Waals surface area contributed by atoms with E-state index in [1.165, 1.54) is 25.5 Å². The SMILES string of the molecule is CCOC(=O)C(Cc1ccc(N2CCCC2)cc1)C(C)=O. The second-order valence-electron chi connectivity index (χ2n) is 5.48. The van der Waals surface area contributed by atoms with Gasteiger partial charge in [-0.25, -0.2) is 0 Å². The van der Waals surface area contributed by atoms with Crippen LogP contribution >= 0.6 is 0 Å². The molecule has 0 saturated carbocycles. The van der Waals surface area contributed by atoms with Crippen molar-refractivity contribution in [1.82, 2.24) is 0 Å². The van der Waals surface area contributed by atoms with Crippen LogP contribution in [0.1, 0.15) is 32.3 Å². The van der Waals surface area contributed by atoms with Crippen molar-refractivity contribution in [2.24, 2.45) is 5.92 Å². The molecular formula is C17H23NO3. The highest BCUT2D eigenvalue weighted by molar-refractivity contribution is 5.98. The lowest BCUT2D eigenvalue weighted by Crippen LogP contribution is -2.26. The molecule has 4 nitrogen and oxygen atoms in total. The first-order chi connectivity index (χ1) is 10.1. The smallest absolute Gasteiger partial charge is 0.316 e. The van der Waals surface area contributed by atoms with E-state index in [1.807, 2.05) is 12.1 Å². The fraction of sp³-hybridized carbons (Fsp3) is 0.529. The zero-order valence-electron chi connectivity index (χ0n) is 12.8. The van der Waals surface area contributed by atoms with Crippen LogP contribution in [0.25, 0.3) is 0 Å². The Kier molecular flexibility index (Phi) is 5.37. The first-order valence-electron chi connectivity index (χ1n) is 7.62. The molecule has 1 aliphatic rings. The van der Waals surface area contributed by atoms with E-state index in [0.717, 1.165) is 18.7 Å². The maximum Gasteiger partial charge on any atom is 0.316 e. The number of hydrogen-bond acceptors (Lipinski definition) is 4. The van der Waals surface area contributed by atoms with Gasteiger partial charge in [0.05, 0.1) is 6.61 Å². The average Bonchev–Trinajstić information content (AvgIpc) is 2.99. The predicted octanol–water partition coefficient (Wildman–Crippen LogP) is 2.60. The van der Waals surface area contributed by atoms with Gasteiger partial charge in [0, 0.05) is 18.8 Å². The van der Waals surface area contributed by atoms with Crippen molar-refractivity contribution in [3.8, 4) is 0 Å². The molecule has 0 bridgehead atoms. The largest absolute Gasteiger partial charge is 0.465 e. The molecule has 0 aliphatic carbocycles. The number of ketones is 1. The molecule has 1 heterocycles. The van der Waals surface area contributed by atoms with Gasteiger partial charge in [0.15, 0.2) is 0 Å². The highest BCUT2D eigenvalue weighted by Crippen LogP contribution is 2.21. The van der Waals surface area contributed by atoms with E-state index in [9.17, 15) is 9.59 Å². The van der Waals surface area contributed by atoms with Gasteiger partial charge in [-0.05, 0) is 50.8 Å². The molecular weight excluding hydrogens is 266 g/mol. The van der Waals surface area contributed by atoms with Gasteiger partial charge in [0.25, 0.3) is 0 Å². The molecule has 0 amide bonds. The Morgan fingerprint density at radius 3 is 2.33 bits per heavy atom. The number of hydrogen-bond donors (Lipinski definition) is 0. The van der Waals surface area contributed by atoms with E-state index in [4.69, 9.17) is 4.74 Å². The van der Waals surface area contributed by atoms with E-state index in [2.05, 4.69) is 17.0 Å². The molecule has 0 N–H and O–H groups in total. The van der Waals surface area contributed by atoms with Crippen LogP contribution in [-0.2, 0) is 20.7 Å². The summed E-state index contributed by atoms with van der Waals surface area (Å²) in [5.74, 6) is -1.26. The fourth-order valence-electron chi connectivity index (χ4n) is 2.69. The number of carbonyl (C=O) groups is 2. The minimum Gasteiger partial charge on any atom is -0.465 e. The van der Waals surface area contributed by atoms with Crippen LogP contribution in [-0.4, -0.2) is 31.4 Å². The Morgan fingerprint density at radius 1 is 1.19 bits per heavy atom. The van der Waals surface area contributed by atoms with Gasteiger partial charge >= 0.3 is 5.97 Å². The van der Waals surface area contributed by atoms with Crippen molar-refractivity contribution >= 4 is 17.4 Å². The zero-order valence-corrected chi connectivity index (χ0v) is 12.8. The van der Waals surface area contributed by atoms with Crippen molar-refractivity contribution in [1.29, 1.82) is 0 Å². The third kappa shape index (κ3) is 4.06. The summed E-state index contributed by atoms with van der Waals surface area (Å²) in [5, 5.41) is 0. The molecule has 114 valence electrons. The number of Topliss-reactive ketones (excluding diaryl/α,β-unsaturated/α-hetero) is 1. The quantitative estimate of drug-likeness (QED) is 0.596. The van der Waals surface area contributed by atoms with Crippen LogP contribution in [0.2, 0.25) is 0 Å². The number of ether oxygens (including phenoxy) is 1. The van der Waals surface area contributed by atoms with Crippen LogP contribution in [0, 0.1) is 5.92 Å². The van der Waals surface area contributed by atoms with E-state index in [1.54, 1.807) is 6.92 Å². The van der Waals surface area contributed by atoms with Gasteiger partial charge in [0.1, 0.15) is 11.7 Å². The first kappa shape index (κ1) is 15.5. The molecule has 4 heteroatoms. The summed E-state index contributed by atoms with van der Waals surface area (Å²) in [7, 11) is 0. The van der Waals surface area contributed by atoms with E-state index in [0.29, 0.717) is 13.0 Å². The summed E-state index contributed by atoms with van der Waals surface area (Å²) in [4.78, 5) is 25.8. The summed E-state index contributed by atoms with van der Waals surface area (Å²) in [6, 6.07) is 8.15. The Bertz CT molecular complexity index is 489. The number of rotatable bonds is 6. The monoisotopic (exact) mass is 289 g/mol. The highest BCUT2D eigenvalue weighted by atomic mass is 16.5. The van der Waals surface area contributed by atoms with Gasteiger partial charge in [0.2, 0.25) is 0 Å². The van der Waals surface area contributed by atoms with Gasteiger partial charge in [-0.3, -0.25) is 9.59 Å². The summed E-state index contributed by atoms with van der Waals surface area (Å²) in [6.45, 7) is 5.72. The Labute approximate surface area is 126 Å². The molecule has 1 aromatic carbocycles. The maximum atomic E-state index is 11.8. The van der Waals surface area contributed by atoms with Gasteiger partial charge in [-0.15, -0.1) is 0 Å². The average molecular weight is 289 g/mol. The number of carbonyl (C=O) groups excluding carboxylic acids is 2. The van der Waals surface area contributed by atoms with Gasteiger partial charge in [-0.1, -0.05) is 12.1 Å².